The normalized spacial score (nSPS) is 18.6. The summed E-state index contributed by atoms with van der Waals surface area (Å²) in [6, 6.07) is 0. The van der Waals surface area contributed by atoms with E-state index in [4.69, 9.17) is 0 Å². The summed E-state index contributed by atoms with van der Waals surface area (Å²) >= 11 is 2.66. The molecule has 1 aromatic heterocycles. The van der Waals surface area contributed by atoms with Crippen molar-refractivity contribution in [1.82, 2.24) is 14.9 Å². The molecular weight excluding hydrogens is 262 g/mol. The molecule has 1 aliphatic heterocycles. The molecule has 1 amide bonds. The van der Waals surface area contributed by atoms with Crippen molar-refractivity contribution in [3.8, 4) is 0 Å². The number of nitrogens with one attached hydrogen (secondary N) is 1. The molecule has 0 aromatic carbocycles. The number of carboxylic acid groups (broad SMARTS) is 1. The second-order valence-electron chi connectivity index (χ2n) is 3.74. The summed E-state index contributed by atoms with van der Waals surface area (Å²) in [5, 5.41) is 15.5. The maximum absolute atomic E-state index is 11.8. The Bertz CT molecular complexity index is 415. The van der Waals surface area contributed by atoms with Crippen LogP contribution in [0, 0.1) is 0 Å². The Morgan fingerprint density at radius 2 is 2.12 bits per heavy atom. The van der Waals surface area contributed by atoms with Gasteiger partial charge in [-0.3, -0.25) is 4.79 Å². The molecule has 92 valence electrons. The van der Waals surface area contributed by atoms with Gasteiger partial charge in [0.2, 0.25) is 0 Å². The molecule has 0 atom stereocenters. The number of amides is 1. The number of thioether (sulfide) groups is 1. The summed E-state index contributed by atoms with van der Waals surface area (Å²) in [6.07, 6.45) is 2.24. The molecule has 0 bridgehead atoms. The number of rotatable bonds is 3. The predicted octanol–water partition coefficient (Wildman–Crippen LogP) is 0.618. The van der Waals surface area contributed by atoms with E-state index in [0.717, 1.165) is 23.0 Å². The van der Waals surface area contributed by atoms with Crippen molar-refractivity contribution >= 4 is 35.2 Å². The minimum absolute atomic E-state index is 0.337. The van der Waals surface area contributed by atoms with E-state index in [1.807, 2.05) is 0 Å². The third kappa shape index (κ3) is 2.58. The lowest BCUT2D eigenvalue weighted by Gasteiger charge is -2.33. The smallest absolute Gasteiger partial charge is 0.329 e. The van der Waals surface area contributed by atoms with Gasteiger partial charge in [0, 0.05) is 0 Å². The van der Waals surface area contributed by atoms with E-state index in [2.05, 4.69) is 14.9 Å². The van der Waals surface area contributed by atoms with E-state index in [-0.39, 0.29) is 0 Å². The van der Waals surface area contributed by atoms with Crippen molar-refractivity contribution in [2.24, 2.45) is 0 Å². The Balaban J connectivity index is 2.13. The summed E-state index contributed by atoms with van der Waals surface area (Å²) in [6.45, 7) is 0. The molecule has 0 unspecified atom stereocenters. The molecule has 6 nitrogen and oxygen atoms in total. The lowest BCUT2D eigenvalue weighted by molar-refractivity contribution is -0.144. The van der Waals surface area contributed by atoms with Gasteiger partial charge in [0.15, 0.2) is 0 Å². The Labute approximate surface area is 106 Å². The molecular formula is C9H11N3O3S2. The zero-order valence-electron chi connectivity index (χ0n) is 8.88. The number of carbonyl (C=O) groups excluding carboxylic acids is 1. The molecule has 1 saturated heterocycles. The van der Waals surface area contributed by atoms with Gasteiger partial charge in [0.05, 0.1) is 6.20 Å². The van der Waals surface area contributed by atoms with Crippen LogP contribution < -0.4 is 5.32 Å². The van der Waals surface area contributed by atoms with E-state index in [1.54, 1.807) is 11.8 Å². The standard InChI is InChI=1S/C9H11N3O3S2/c13-7(6-5-10-12-17-6)11-9(8(14)15)1-3-16-4-2-9/h5H,1-4H2,(H,11,13)(H,14,15). The van der Waals surface area contributed by atoms with E-state index < -0.39 is 17.4 Å². The van der Waals surface area contributed by atoms with Crippen LogP contribution in [0.5, 0.6) is 0 Å². The van der Waals surface area contributed by atoms with Crippen LogP contribution in [-0.2, 0) is 4.79 Å². The SMILES string of the molecule is O=C(NC1(C(=O)O)CCSCC1)c1cnns1. The second-order valence-corrected chi connectivity index (χ2v) is 5.75. The number of carboxylic acids is 1. The third-order valence-corrected chi connectivity index (χ3v) is 4.34. The van der Waals surface area contributed by atoms with Crippen molar-refractivity contribution in [1.29, 1.82) is 0 Å². The van der Waals surface area contributed by atoms with Crippen molar-refractivity contribution < 1.29 is 14.7 Å². The first-order chi connectivity index (χ1) is 8.14. The van der Waals surface area contributed by atoms with Crippen LogP contribution in [0.25, 0.3) is 0 Å². The number of carbonyl (C=O) groups is 2. The number of aliphatic carboxylic acids is 1. The predicted molar refractivity (Wildman–Crippen MR) is 64.3 cm³/mol. The van der Waals surface area contributed by atoms with Crippen LogP contribution in [0.4, 0.5) is 0 Å². The van der Waals surface area contributed by atoms with Crippen molar-refractivity contribution in [3.05, 3.63) is 11.1 Å². The maximum Gasteiger partial charge on any atom is 0.329 e. The minimum Gasteiger partial charge on any atom is -0.480 e. The highest BCUT2D eigenvalue weighted by atomic mass is 32.2. The zero-order chi connectivity index (χ0) is 12.3. The average Bonchev–Trinajstić information content (AvgIpc) is 2.83. The highest BCUT2D eigenvalue weighted by Gasteiger charge is 2.41. The molecule has 2 heterocycles. The summed E-state index contributed by atoms with van der Waals surface area (Å²) in [5.74, 6) is 0.110. The zero-order valence-corrected chi connectivity index (χ0v) is 10.5. The first-order valence-electron chi connectivity index (χ1n) is 5.05. The number of hydrogen-bond donors (Lipinski definition) is 2. The fourth-order valence-corrected chi connectivity index (χ4v) is 3.26. The highest BCUT2D eigenvalue weighted by Crippen LogP contribution is 2.27. The molecule has 1 aromatic rings. The summed E-state index contributed by atoms with van der Waals surface area (Å²) < 4.78 is 3.58. The van der Waals surface area contributed by atoms with Gasteiger partial charge >= 0.3 is 5.97 Å². The van der Waals surface area contributed by atoms with Crippen molar-refractivity contribution in [2.45, 2.75) is 18.4 Å². The number of aromatic nitrogens is 2. The number of nitrogens with zero attached hydrogens (tertiary/aromatic N) is 2. The Kier molecular flexibility index (Phi) is 3.63. The van der Waals surface area contributed by atoms with Gasteiger partial charge in [-0.05, 0) is 35.9 Å². The van der Waals surface area contributed by atoms with Crippen LogP contribution in [0.15, 0.2) is 6.20 Å². The van der Waals surface area contributed by atoms with Gasteiger partial charge in [-0.25, -0.2) is 4.79 Å². The van der Waals surface area contributed by atoms with Gasteiger partial charge in [0.1, 0.15) is 10.4 Å². The van der Waals surface area contributed by atoms with E-state index in [9.17, 15) is 14.7 Å². The fraction of sp³-hybridized carbons (Fsp3) is 0.556. The van der Waals surface area contributed by atoms with Gasteiger partial charge in [-0.1, -0.05) is 4.49 Å². The molecule has 17 heavy (non-hydrogen) atoms. The van der Waals surface area contributed by atoms with E-state index >= 15 is 0 Å². The molecule has 2 rings (SSSR count). The lowest BCUT2D eigenvalue weighted by atomic mass is 9.92. The van der Waals surface area contributed by atoms with E-state index in [0.29, 0.717) is 17.7 Å². The number of hydrogen-bond acceptors (Lipinski definition) is 6. The quantitative estimate of drug-likeness (QED) is 0.838. The molecule has 0 radical (unpaired) electrons. The van der Waals surface area contributed by atoms with Crippen molar-refractivity contribution in [2.75, 3.05) is 11.5 Å². The largest absolute Gasteiger partial charge is 0.480 e. The monoisotopic (exact) mass is 273 g/mol. The van der Waals surface area contributed by atoms with Gasteiger partial charge in [-0.2, -0.15) is 11.8 Å². The van der Waals surface area contributed by atoms with Gasteiger partial charge in [0.25, 0.3) is 5.91 Å². The molecule has 0 aliphatic carbocycles. The lowest BCUT2D eigenvalue weighted by Crippen LogP contribution is -2.56. The maximum atomic E-state index is 11.8. The Hall–Kier alpha value is -1.15. The van der Waals surface area contributed by atoms with Gasteiger partial charge < -0.3 is 10.4 Å². The summed E-state index contributed by atoms with van der Waals surface area (Å²) in [7, 11) is 0. The topological polar surface area (TPSA) is 92.2 Å². The van der Waals surface area contributed by atoms with Crippen LogP contribution >= 0.6 is 23.3 Å². The van der Waals surface area contributed by atoms with E-state index in [1.165, 1.54) is 6.20 Å². The van der Waals surface area contributed by atoms with Crippen molar-refractivity contribution in [3.63, 3.8) is 0 Å². The van der Waals surface area contributed by atoms with Crippen LogP contribution in [0.3, 0.4) is 0 Å². The first-order valence-corrected chi connectivity index (χ1v) is 6.98. The molecule has 8 heteroatoms. The Morgan fingerprint density at radius 3 is 2.65 bits per heavy atom. The summed E-state index contributed by atoms with van der Waals surface area (Å²) in [5.41, 5.74) is -1.13. The average molecular weight is 273 g/mol. The highest BCUT2D eigenvalue weighted by molar-refractivity contribution is 7.99. The van der Waals surface area contributed by atoms with Crippen LogP contribution in [0.2, 0.25) is 0 Å². The fourth-order valence-electron chi connectivity index (χ4n) is 1.66. The first kappa shape index (κ1) is 12.3. The molecule has 1 fully saturated rings. The Morgan fingerprint density at radius 1 is 1.41 bits per heavy atom. The summed E-state index contributed by atoms with van der Waals surface area (Å²) in [4.78, 5) is 23.5. The van der Waals surface area contributed by atoms with Crippen LogP contribution in [-0.4, -0.2) is 43.6 Å². The minimum atomic E-state index is -1.13. The molecule has 0 spiro atoms. The second kappa shape index (κ2) is 5.01. The molecule has 2 N–H and O–H groups in total. The molecule has 0 saturated carbocycles. The van der Waals surface area contributed by atoms with Gasteiger partial charge in [-0.15, -0.1) is 5.10 Å². The van der Waals surface area contributed by atoms with Crippen LogP contribution in [0.1, 0.15) is 22.5 Å². The molecule has 1 aliphatic rings. The third-order valence-electron chi connectivity index (χ3n) is 2.69.